The first-order valence-electron chi connectivity index (χ1n) is 7.09. The number of hydrogen-bond donors (Lipinski definition) is 1. The average Bonchev–Trinajstić information content (AvgIpc) is 2.55. The number of benzene rings is 2. The van der Waals surface area contributed by atoms with Gasteiger partial charge in [-0.25, -0.2) is 0 Å². The van der Waals surface area contributed by atoms with Crippen molar-refractivity contribution in [2.45, 2.75) is 6.92 Å². The lowest BCUT2D eigenvalue weighted by atomic mass is 9.99. The first-order valence-corrected chi connectivity index (χ1v) is 7.88. The zero-order valence-electron chi connectivity index (χ0n) is 12.4. The van der Waals surface area contributed by atoms with Crippen molar-refractivity contribution in [1.82, 2.24) is 4.98 Å². The Balaban J connectivity index is 2.24. The molecular formula is C19H13BrN2O. The zero-order chi connectivity index (χ0) is 16.4. The second-order valence-corrected chi connectivity index (χ2v) is 6.20. The summed E-state index contributed by atoms with van der Waals surface area (Å²) in [6.07, 6.45) is 0. The average molecular weight is 365 g/mol. The molecule has 3 nitrogen and oxygen atoms in total. The van der Waals surface area contributed by atoms with Crippen molar-refractivity contribution >= 4 is 15.9 Å². The normalized spacial score (nSPS) is 10.3. The van der Waals surface area contributed by atoms with Crippen molar-refractivity contribution in [1.29, 1.82) is 5.26 Å². The molecule has 0 unspecified atom stereocenters. The van der Waals surface area contributed by atoms with Crippen molar-refractivity contribution in [3.8, 4) is 28.5 Å². The zero-order valence-corrected chi connectivity index (χ0v) is 14.0. The lowest BCUT2D eigenvalue weighted by Crippen LogP contribution is -2.12. The van der Waals surface area contributed by atoms with Crippen molar-refractivity contribution in [2.24, 2.45) is 0 Å². The van der Waals surface area contributed by atoms with Crippen molar-refractivity contribution in [2.75, 3.05) is 0 Å². The summed E-state index contributed by atoms with van der Waals surface area (Å²) in [7, 11) is 0. The summed E-state index contributed by atoms with van der Waals surface area (Å²) in [5.74, 6) is 0. The van der Waals surface area contributed by atoms with Gasteiger partial charge in [-0.2, -0.15) is 5.26 Å². The summed E-state index contributed by atoms with van der Waals surface area (Å²) >= 11 is 3.43. The standard InChI is InChI=1S/C19H13BrN2O/c1-12-5-7-13(8-6-12)18-10-16(17(11-21)19(23)22-18)14-3-2-4-15(20)9-14/h2-10H,1H3,(H,22,23). The molecule has 0 saturated heterocycles. The number of halogens is 1. The molecule has 0 aliphatic carbocycles. The molecule has 3 rings (SSSR count). The Hall–Kier alpha value is -2.64. The van der Waals surface area contributed by atoms with Gasteiger partial charge >= 0.3 is 0 Å². The van der Waals surface area contributed by atoms with Crippen LogP contribution >= 0.6 is 15.9 Å². The largest absolute Gasteiger partial charge is 0.321 e. The summed E-state index contributed by atoms with van der Waals surface area (Å²) in [5.41, 5.74) is 3.97. The minimum atomic E-state index is -0.374. The van der Waals surface area contributed by atoms with E-state index in [1.54, 1.807) is 0 Å². The maximum Gasteiger partial charge on any atom is 0.266 e. The van der Waals surface area contributed by atoms with Crippen LogP contribution in [0.3, 0.4) is 0 Å². The molecule has 0 aliphatic rings. The van der Waals surface area contributed by atoms with Crippen LogP contribution in [0.1, 0.15) is 11.1 Å². The van der Waals surface area contributed by atoms with Gasteiger partial charge in [0, 0.05) is 15.7 Å². The van der Waals surface area contributed by atoms with Gasteiger partial charge in [-0.1, -0.05) is 57.9 Å². The van der Waals surface area contributed by atoms with E-state index in [0.29, 0.717) is 11.3 Å². The molecule has 0 spiro atoms. The highest BCUT2D eigenvalue weighted by atomic mass is 79.9. The summed E-state index contributed by atoms with van der Waals surface area (Å²) in [4.78, 5) is 15.1. The van der Waals surface area contributed by atoms with Crippen LogP contribution in [0.25, 0.3) is 22.4 Å². The van der Waals surface area contributed by atoms with Gasteiger partial charge in [-0.05, 0) is 36.2 Å². The summed E-state index contributed by atoms with van der Waals surface area (Å²) in [5, 5.41) is 9.35. The third kappa shape index (κ3) is 3.10. The number of aromatic amines is 1. The third-order valence-corrected chi connectivity index (χ3v) is 4.14. The van der Waals surface area contributed by atoms with Crippen LogP contribution in [0.15, 0.2) is 63.9 Å². The fraction of sp³-hybridized carbons (Fsp3) is 0.0526. The van der Waals surface area contributed by atoms with Crippen LogP contribution in [0, 0.1) is 18.3 Å². The van der Waals surface area contributed by atoms with Gasteiger partial charge in [0.2, 0.25) is 0 Å². The Kier molecular flexibility index (Phi) is 4.14. The molecular weight excluding hydrogens is 352 g/mol. The maximum atomic E-state index is 12.3. The van der Waals surface area contributed by atoms with Gasteiger partial charge in [0.1, 0.15) is 11.6 Å². The van der Waals surface area contributed by atoms with Crippen molar-refractivity contribution in [3.05, 3.63) is 80.6 Å². The molecule has 0 aliphatic heterocycles. The fourth-order valence-electron chi connectivity index (χ4n) is 2.44. The van der Waals surface area contributed by atoms with Gasteiger partial charge in [0.15, 0.2) is 0 Å². The van der Waals surface area contributed by atoms with Crippen LogP contribution in [0.2, 0.25) is 0 Å². The number of nitriles is 1. The molecule has 1 aromatic heterocycles. The van der Waals surface area contributed by atoms with Gasteiger partial charge in [-0.15, -0.1) is 0 Å². The van der Waals surface area contributed by atoms with E-state index >= 15 is 0 Å². The number of pyridine rings is 1. The highest BCUT2D eigenvalue weighted by molar-refractivity contribution is 9.10. The molecule has 3 aromatic rings. The van der Waals surface area contributed by atoms with Crippen LogP contribution in [0.5, 0.6) is 0 Å². The van der Waals surface area contributed by atoms with E-state index in [4.69, 9.17) is 0 Å². The molecule has 1 heterocycles. The number of nitrogens with zero attached hydrogens (tertiary/aromatic N) is 1. The number of rotatable bonds is 2. The highest BCUT2D eigenvalue weighted by Crippen LogP contribution is 2.28. The first-order chi connectivity index (χ1) is 11.1. The Labute approximate surface area is 142 Å². The molecule has 0 saturated carbocycles. The SMILES string of the molecule is Cc1ccc(-c2cc(-c3cccc(Br)c3)c(C#N)c(=O)[nH]2)cc1. The van der Waals surface area contributed by atoms with Gasteiger partial charge in [0.05, 0.1) is 0 Å². The number of nitrogens with one attached hydrogen (secondary N) is 1. The smallest absolute Gasteiger partial charge is 0.266 e. The first kappa shape index (κ1) is 15.3. The molecule has 0 amide bonds. The van der Waals surface area contributed by atoms with Crippen LogP contribution in [0.4, 0.5) is 0 Å². The number of aromatic nitrogens is 1. The molecule has 0 radical (unpaired) electrons. The Morgan fingerprint density at radius 2 is 1.78 bits per heavy atom. The van der Waals surface area contributed by atoms with E-state index in [1.807, 2.05) is 67.6 Å². The second-order valence-electron chi connectivity index (χ2n) is 5.29. The third-order valence-electron chi connectivity index (χ3n) is 3.64. The second kappa shape index (κ2) is 6.23. The topological polar surface area (TPSA) is 56.6 Å². The summed E-state index contributed by atoms with van der Waals surface area (Å²) < 4.78 is 0.899. The molecule has 0 bridgehead atoms. The number of aryl methyl sites for hydroxylation is 1. The van der Waals surface area contributed by atoms with Crippen LogP contribution < -0.4 is 5.56 Å². The summed E-state index contributed by atoms with van der Waals surface area (Å²) in [6, 6.07) is 19.3. The van der Waals surface area contributed by atoms with E-state index in [-0.39, 0.29) is 11.1 Å². The van der Waals surface area contributed by atoms with Gasteiger partial charge < -0.3 is 4.98 Å². The van der Waals surface area contributed by atoms with Gasteiger partial charge in [-0.3, -0.25) is 4.79 Å². The number of hydrogen-bond acceptors (Lipinski definition) is 2. The highest BCUT2D eigenvalue weighted by Gasteiger charge is 2.12. The Morgan fingerprint density at radius 1 is 1.04 bits per heavy atom. The number of H-pyrrole nitrogens is 1. The fourth-order valence-corrected chi connectivity index (χ4v) is 2.84. The lowest BCUT2D eigenvalue weighted by Gasteiger charge is -2.09. The lowest BCUT2D eigenvalue weighted by molar-refractivity contribution is 1.22. The molecule has 1 N–H and O–H groups in total. The van der Waals surface area contributed by atoms with E-state index in [1.165, 1.54) is 0 Å². The van der Waals surface area contributed by atoms with Gasteiger partial charge in [0.25, 0.3) is 5.56 Å². The predicted molar refractivity (Wildman–Crippen MR) is 95.1 cm³/mol. The quantitative estimate of drug-likeness (QED) is 0.719. The van der Waals surface area contributed by atoms with E-state index < -0.39 is 0 Å². The molecule has 23 heavy (non-hydrogen) atoms. The van der Waals surface area contributed by atoms with Crippen molar-refractivity contribution in [3.63, 3.8) is 0 Å². The monoisotopic (exact) mass is 364 g/mol. The Morgan fingerprint density at radius 3 is 2.43 bits per heavy atom. The Bertz CT molecular complexity index is 966. The molecule has 112 valence electrons. The molecule has 0 fully saturated rings. The maximum absolute atomic E-state index is 12.3. The van der Waals surface area contributed by atoms with Crippen LogP contribution in [-0.2, 0) is 0 Å². The summed E-state index contributed by atoms with van der Waals surface area (Å²) in [6.45, 7) is 2.01. The van der Waals surface area contributed by atoms with E-state index in [2.05, 4.69) is 20.9 Å². The molecule has 0 atom stereocenters. The minimum absolute atomic E-state index is 0.124. The molecule has 4 heteroatoms. The van der Waals surface area contributed by atoms with E-state index in [0.717, 1.165) is 21.2 Å². The molecule has 2 aromatic carbocycles. The van der Waals surface area contributed by atoms with E-state index in [9.17, 15) is 10.1 Å². The van der Waals surface area contributed by atoms with Crippen LogP contribution in [-0.4, -0.2) is 4.98 Å². The predicted octanol–water partition coefficient (Wildman–Crippen LogP) is 4.65. The minimum Gasteiger partial charge on any atom is -0.321 e. The van der Waals surface area contributed by atoms with Crippen molar-refractivity contribution < 1.29 is 0 Å².